The van der Waals surface area contributed by atoms with Crippen LogP contribution in [0.3, 0.4) is 0 Å². The van der Waals surface area contributed by atoms with E-state index in [-0.39, 0.29) is 18.3 Å². The molecule has 0 aromatic heterocycles. The molecule has 0 spiro atoms. The first-order valence-electron chi connectivity index (χ1n) is 4.57. The van der Waals surface area contributed by atoms with Crippen molar-refractivity contribution in [2.24, 2.45) is 0 Å². The zero-order valence-electron chi connectivity index (χ0n) is 8.37. The number of aliphatic hydroxyl groups excluding tert-OH is 1. The molecule has 0 aliphatic carbocycles. The average molecular weight is 280 g/mol. The summed E-state index contributed by atoms with van der Waals surface area (Å²) in [5.41, 5.74) is 0.503. The molecule has 1 amide bonds. The topological polar surface area (TPSA) is 49.3 Å². The first-order chi connectivity index (χ1) is 7.63. The van der Waals surface area contributed by atoms with Crippen LogP contribution < -0.4 is 5.32 Å². The molecule has 0 heterocycles. The van der Waals surface area contributed by atoms with E-state index in [9.17, 15) is 4.79 Å². The highest BCUT2D eigenvalue weighted by atomic mass is 35.5. The molecule has 88 valence electrons. The maximum Gasteiger partial charge on any atom is 0.234 e. The Morgan fingerprint density at radius 3 is 2.88 bits per heavy atom. The second-order valence-electron chi connectivity index (χ2n) is 2.95. The van der Waals surface area contributed by atoms with Crippen molar-refractivity contribution >= 4 is 46.6 Å². The molecule has 3 nitrogen and oxygen atoms in total. The van der Waals surface area contributed by atoms with Gasteiger partial charge in [0.25, 0.3) is 0 Å². The van der Waals surface area contributed by atoms with Gasteiger partial charge in [0.2, 0.25) is 5.91 Å². The van der Waals surface area contributed by atoms with Crippen LogP contribution in [-0.2, 0) is 4.79 Å². The van der Waals surface area contributed by atoms with Crippen LogP contribution in [0.5, 0.6) is 0 Å². The van der Waals surface area contributed by atoms with E-state index in [4.69, 9.17) is 28.3 Å². The van der Waals surface area contributed by atoms with Gasteiger partial charge in [0, 0.05) is 10.8 Å². The van der Waals surface area contributed by atoms with Crippen LogP contribution in [0.4, 0.5) is 5.69 Å². The van der Waals surface area contributed by atoms with Crippen molar-refractivity contribution in [2.75, 3.05) is 23.4 Å². The summed E-state index contributed by atoms with van der Waals surface area (Å²) in [4.78, 5) is 11.4. The Balaban J connectivity index is 2.52. The van der Waals surface area contributed by atoms with Gasteiger partial charge in [-0.05, 0) is 18.2 Å². The van der Waals surface area contributed by atoms with E-state index in [0.717, 1.165) is 0 Å². The molecule has 0 saturated heterocycles. The summed E-state index contributed by atoms with van der Waals surface area (Å²) in [7, 11) is 0. The van der Waals surface area contributed by atoms with E-state index in [1.54, 1.807) is 18.2 Å². The predicted molar refractivity (Wildman–Crippen MR) is 69.5 cm³/mol. The van der Waals surface area contributed by atoms with E-state index in [1.807, 2.05) is 0 Å². The Bertz CT molecular complexity index is 374. The van der Waals surface area contributed by atoms with Crippen molar-refractivity contribution in [3.05, 3.63) is 28.2 Å². The summed E-state index contributed by atoms with van der Waals surface area (Å²) in [6.45, 7) is 0.0653. The molecular weight excluding hydrogens is 269 g/mol. The predicted octanol–water partition coefficient (Wildman–Crippen LogP) is 2.66. The monoisotopic (exact) mass is 279 g/mol. The molecule has 0 bridgehead atoms. The van der Waals surface area contributed by atoms with Gasteiger partial charge < -0.3 is 10.4 Å². The van der Waals surface area contributed by atoms with Crippen LogP contribution in [0.2, 0.25) is 10.0 Å². The zero-order chi connectivity index (χ0) is 12.0. The lowest BCUT2D eigenvalue weighted by atomic mass is 10.3. The third-order valence-electron chi connectivity index (χ3n) is 1.67. The van der Waals surface area contributed by atoms with Crippen molar-refractivity contribution in [1.82, 2.24) is 0 Å². The summed E-state index contributed by atoms with van der Waals surface area (Å²) in [5, 5.41) is 12.2. The minimum atomic E-state index is -0.164. The van der Waals surface area contributed by atoms with E-state index in [0.29, 0.717) is 21.5 Å². The van der Waals surface area contributed by atoms with Crippen molar-refractivity contribution in [2.45, 2.75) is 0 Å². The van der Waals surface area contributed by atoms with Crippen LogP contribution in [0, 0.1) is 0 Å². The molecule has 0 radical (unpaired) electrons. The second-order valence-corrected chi connectivity index (χ2v) is 4.90. The molecule has 0 saturated carbocycles. The molecule has 0 aliphatic rings. The number of amides is 1. The molecule has 1 aromatic carbocycles. The second kappa shape index (κ2) is 7.01. The number of carbonyl (C=O) groups is 1. The average Bonchev–Trinajstić information content (AvgIpc) is 2.24. The summed E-state index contributed by atoms with van der Waals surface area (Å²) < 4.78 is 0. The number of nitrogens with one attached hydrogen (secondary N) is 1. The van der Waals surface area contributed by atoms with Gasteiger partial charge in [-0.1, -0.05) is 23.2 Å². The molecule has 1 aromatic rings. The van der Waals surface area contributed by atoms with Crippen molar-refractivity contribution in [3.63, 3.8) is 0 Å². The summed E-state index contributed by atoms with van der Waals surface area (Å²) in [6, 6.07) is 4.87. The number of carbonyl (C=O) groups excluding carboxylic acids is 1. The Morgan fingerprint density at radius 1 is 1.44 bits per heavy atom. The molecule has 0 aliphatic heterocycles. The number of anilines is 1. The molecular formula is C10H11Cl2NO2S. The fraction of sp³-hybridized carbons (Fsp3) is 0.300. The standard InChI is InChI=1S/C10H11Cl2NO2S/c11-7-1-2-8(12)9(5-7)13-10(15)6-16-4-3-14/h1-2,5,14H,3-4,6H2,(H,13,15). The summed E-state index contributed by atoms with van der Waals surface area (Å²) in [6.07, 6.45) is 0. The maximum absolute atomic E-state index is 11.4. The van der Waals surface area contributed by atoms with Crippen LogP contribution in [-0.4, -0.2) is 29.1 Å². The zero-order valence-corrected chi connectivity index (χ0v) is 10.7. The fourth-order valence-electron chi connectivity index (χ4n) is 1.01. The van der Waals surface area contributed by atoms with Gasteiger partial charge in [0.1, 0.15) is 0 Å². The largest absolute Gasteiger partial charge is 0.396 e. The third-order valence-corrected chi connectivity index (χ3v) is 3.17. The van der Waals surface area contributed by atoms with Gasteiger partial charge in [-0.15, -0.1) is 11.8 Å². The molecule has 0 atom stereocenters. The number of hydrogen-bond donors (Lipinski definition) is 2. The van der Waals surface area contributed by atoms with Gasteiger partial charge in [0.05, 0.1) is 23.1 Å². The van der Waals surface area contributed by atoms with Gasteiger partial charge in [0.15, 0.2) is 0 Å². The Morgan fingerprint density at radius 2 is 2.19 bits per heavy atom. The minimum absolute atomic E-state index is 0.0653. The van der Waals surface area contributed by atoms with E-state index in [2.05, 4.69) is 5.32 Å². The first kappa shape index (κ1) is 13.6. The normalized spacial score (nSPS) is 10.2. The van der Waals surface area contributed by atoms with Crippen LogP contribution >= 0.6 is 35.0 Å². The van der Waals surface area contributed by atoms with Gasteiger partial charge >= 0.3 is 0 Å². The van der Waals surface area contributed by atoms with E-state index < -0.39 is 0 Å². The molecule has 1 rings (SSSR count). The summed E-state index contributed by atoms with van der Waals surface area (Å²) >= 11 is 13.0. The highest BCUT2D eigenvalue weighted by Gasteiger charge is 2.06. The molecule has 0 fully saturated rings. The lowest BCUT2D eigenvalue weighted by Crippen LogP contribution is -2.15. The van der Waals surface area contributed by atoms with Crippen LogP contribution in [0.25, 0.3) is 0 Å². The minimum Gasteiger partial charge on any atom is -0.396 e. The number of halogens is 2. The smallest absolute Gasteiger partial charge is 0.234 e. The SMILES string of the molecule is O=C(CSCCO)Nc1cc(Cl)ccc1Cl. The summed E-state index contributed by atoms with van der Waals surface area (Å²) in [5.74, 6) is 0.655. The number of aliphatic hydroxyl groups is 1. The van der Waals surface area contributed by atoms with Gasteiger partial charge in [-0.3, -0.25) is 4.79 Å². The fourth-order valence-corrected chi connectivity index (χ4v) is 1.88. The molecule has 0 unspecified atom stereocenters. The number of thioether (sulfide) groups is 1. The van der Waals surface area contributed by atoms with Crippen LogP contribution in [0.15, 0.2) is 18.2 Å². The van der Waals surface area contributed by atoms with Gasteiger partial charge in [-0.25, -0.2) is 0 Å². The first-order valence-corrected chi connectivity index (χ1v) is 6.48. The van der Waals surface area contributed by atoms with Gasteiger partial charge in [-0.2, -0.15) is 0 Å². The third kappa shape index (κ3) is 4.61. The Hall–Kier alpha value is -0.420. The maximum atomic E-state index is 11.4. The number of hydrogen-bond acceptors (Lipinski definition) is 3. The molecule has 16 heavy (non-hydrogen) atoms. The van der Waals surface area contributed by atoms with E-state index in [1.165, 1.54) is 11.8 Å². The van der Waals surface area contributed by atoms with Crippen molar-refractivity contribution < 1.29 is 9.90 Å². The van der Waals surface area contributed by atoms with Crippen molar-refractivity contribution in [1.29, 1.82) is 0 Å². The Labute approximate surface area is 108 Å². The Kier molecular flexibility index (Phi) is 5.98. The number of benzene rings is 1. The lowest BCUT2D eigenvalue weighted by molar-refractivity contribution is -0.113. The highest BCUT2D eigenvalue weighted by molar-refractivity contribution is 7.99. The quantitative estimate of drug-likeness (QED) is 0.815. The highest BCUT2D eigenvalue weighted by Crippen LogP contribution is 2.25. The number of rotatable bonds is 5. The molecule has 2 N–H and O–H groups in total. The van der Waals surface area contributed by atoms with Crippen molar-refractivity contribution in [3.8, 4) is 0 Å². The van der Waals surface area contributed by atoms with E-state index >= 15 is 0 Å². The molecule has 6 heteroatoms. The lowest BCUT2D eigenvalue weighted by Gasteiger charge is -2.07. The van der Waals surface area contributed by atoms with Crippen LogP contribution in [0.1, 0.15) is 0 Å².